The summed E-state index contributed by atoms with van der Waals surface area (Å²) in [6, 6.07) is 0. The van der Waals surface area contributed by atoms with Gasteiger partial charge in [0.1, 0.15) is 6.54 Å². The Kier molecular flexibility index (Phi) is 7.17. The molecular weight excluding hydrogens is 244 g/mol. The van der Waals surface area contributed by atoms with Gasteiger partial charge in [0.15, 0.2) is 0 Å². The van der Waals surface area contributed by atoms with Crippen molar-refractivity contribution in [3.8, 4) is 0 Å². The quantitative estimate of drug-likeness (QED) is 0.273. The van der Waals surface area contributed by atoms with Gasteiger partial charge in [-0.2, -0.15) is 0 Å². The number of aliphatic carboxylic acids is 1. The zero-order valence-electron chi connectivity index (χ0n) is 6.51. The van der Waals surface area contributed by atoms with E-state index < -0.39 is 28.1 Å². The van der Waals surface area contributed by atoms with E-state index in [9.17, 15) is 9.36 Å². The molecule has 0 aromatic carbocycles. The molecule has 0 bridgehead atoms. The van der Waals surface area contributed by atoms with E-state index in [2.05, 4.69) is 0 Å². The van der Waals surface area contributed by atoms with Crippen LogP contribution in [0.1, 0.15) is 0 Å². The summed E-state index contributed by atoms with van der Waals surface area (Å²) in [7, 11) is -8.99. The van der Waals surface area contributed by atoms with Gasteiger partial charge in [0.25, 0.3) is 0 Å². The minimum absolute atomic E-state index is 0.732. The van der Waals surface area contributed by atoms with E-state index in [1.54, 1.807) is 0 Å². The normalized spacial score (nSPS) is 11.5. The van der Waals surface area contributed by atoms with E-state index >= 15 is 0 Å². The fourth-order valence-corrected chi connectivity index (χ4v) is 0.512. The zero-order valence-corrected chi connectivity index (χ0v) is 8.30. The molecule has 0 spiro atoms. The average molecular weight is 253 g/mol. The summed E-state index contributed by atoms with van der Waals surface area (Å²) in [6.07, 6.45) is 0. The van der Waals surface area contributed by atoms with Crippen LogP contribution in [0.5, 0.6) is 0 Å². The minimum Gasteiger partial charge on any atom is -0.480 e. The second kappa shape index (κ2) is 6.23. The van der Waals surface area contributed by atoms with Crippen LogP contribution in [0.4, 0.5) is 0 Å². The van der Waals surface area contributed by atoms with Crippen molar-refractivity contribution < 1.29 is 43.5 Å². The summed E-state index contributed by atoms with van der Waals surface area (Å²) < 4.78 is 18.7. The van der Waals surface area contributed by atoms with Crippen LogP contribution in [0.2, 0.25) is 0 Å². The van der Waals surface area contributed by atoms with E-state index in [-0.39, 0.29) is 0 Å². The van der Waals surface area contributed by atoms with Gasteiger partial charge in [0.2, 0.25) is 0 Å². The van der Waals surface area contributed by atoms with Gasteiger partial charge >= 0.3 is 21.5 Å². The number of hydrogen-bond acceptors (Lipinski definition) is 3. The molecule has 0 aromatic heterocycles. The molecule has 10 nitrogen and oxygen atoms in total. The van der Waals surface area contributed by atoms with E-state index in [1.807, 2.05) is 0 Å². The van der Waals surface area contributed by atoms with E-state index in [0.717, 1.165) is 0 Å². The Morgan fingerprint density at radius 1 is 1.07 bits per heavy atom. The van der Waals surface area contributed by atoms with Crippen LogP contribution in [0, 0.1) is 0 Å². The summed E-state index contributed by atoms with van der Waals surface area (Å²) >= 11 is 0. The van der Waals surface area contributed by atoms with Crippen molar-refractivity contribution in [3.63, 3.8) is 0 Å². The first-order valence-corrected chi connectivity index (χ1v) is 5.90. The van der Waals surface area contributed by atoms with Crippen LogP contribution in [0.25, 0.3) is 0 Å². The molecule has 12 heteroatoms. The van der Waals surface area contributed by atoms with Crippen LogP contribution in [-0.2, 0) is 13.9 Å². The standard InChI is InChI=1S/C2H6NO5P.H3O4P/c4-2(5)1-3-9(6,7)8;1-5(2,3)4/h1H2,(H,4,5)(H3,3,6,7,8);(H3,1,2,3,4). The topological polar surface area (TPSA) is 185 Å². The highest BCUT2D eigenvalue weighted by Gasteiger charge is 2.12. The predicted molar refractivity (Wildman–Crippen MR) is 41.9 cm³/mol. The summed E-state index contributed by atoms with van der Waals surface area (Å²) in [4.78, 5) is 47.2. The van der Waals surface area contributed by atoms with E-state index in [4.69, 9.17) is 34.1 Å². The average Bonchev–Trinajstić information content (AvgIpc) is 1.77. The molecule has 0 radical (unpaired) electrons. The third kappa shape index (κ3) is 41.3. The Bertz CT molecular complexity index is 254. The largest absolute Gasteiger partial charge is 0.480 e. The van der Waals surface area contributed by atoms with Crippen molar-refractivity contribution in [1.29, 1.82) is 0 Å². The lowest BCUT2D eigenvalue weighted by Gasteiger charge is -2.00. The SMILES string of the molecule is O=C(O)CNP(=O)(O)O.O=P(O)(O)O. The first-order chi connectivity index (χ1) is 5.92. The van der Waals surface area contributed by atoms with Crippen LogP contribution in [-0.4, -0.2) is 42.1 Å². The molecule has 0 saturated heterocycles. The highest BCUT2D eigenvalue weighted by Crippen LogP contribution is 2.27. The highest BCUT2D eigenvalue weighted by molar-refractivity contribution is 7.49. The molecule has 0 fully saturated rings. The molecule has 7 N–H and O–H groups in total. The number of rotatable bonds is 3. The Hall–Kier alpha value is -0.310. The lowest BCUT2D eigenvalue weighted by molar-refractivity contribution is -0.135. The van der Waals surface area contributed by atoms with Gasteiger partial charge in [-0.15, -0.1) is 0 Å². The van der Waals surface area contributed by atoms with Crippen LogP contribution in [0.3, 0.4) is 0 Å². The summed E-state index contributed by atoms with van der Waals surface area (Å²) in [5.74, 6) is -1.31. The van der Waals surface area contributed by atoms with Gasteiger partial charge in [0.05, 0.1) is 0 Å². The van der Waals surface area contributed by atoms with Gasteiger partial charge in [-0.3, -0.25) is 4.79 Å². The molecule has 0 aromatic rings. The van der Waals surface area contributed by atoms with Gasteiger partial charge in [0, 0.05) is 0 Å². The number of hydrogen-bond donors (Lipinski definition) is 7. The van der Waals surface area contributed by atoms with Crippen LogP contribution < -0.4 is 5.09 Å². The second-order valence-electron chi connectivity index (χ2n) is 1.79. The molecule has 0 aliphatic rings. The Balaban J connectivity index is 0. The van der Waals surface area contributed by atoms with E-state index in [1.165, 1.54) is 5.09 Å². The predicted octanol–water partition coefficient (Wildman–Crippen LogP) is -2.18. The lowest BCUT2D eigenvalue weighted by Crippen LogP contribution is -2.19. The van der Waals surface area contributed by atoms with Crippen molar-refractivity contribution in [2.75, 3.05) is 6.54 Å². The smallest absolute Gasteiger partial charge is 0.466 e. The number of carboxylic acid groups (broad SMARTS) is 1. The van der Waals surface area contributed by atoms with E-state index in [0.29, 0.717) is 0 Å². The lowest BCUT2D eigenvalue weighted by atomic mass is 10.7. The number of carbonyl (C=O) groups is 1. The number of phosphoric acid groups is 1. The van der Waals surface area contributed by atoms with Gasteiger partial charge in [-0.05, 0) is 0 Å². The Morgan fingerprint density at radius 2 is 1.36 bits per heavy atom. The third-order valence-corrected chi connectivity index (χ3v) is 1.01. The maximum atomic E-state index is 9.86. The minimum atomic E-state index is -4.64. The molecule has 0 rings (SSSR count). The zero-order chi connectivity index (χ0) is 12.0. The molecule has 0 amide bonds. The first kappa shape index (κ1) is 16.1. The van der Waals surface area contributed by atoms with Crippen molar-refractivity contribution in [3.05, 3.63) is 0 Å². The number of nitrogens with one attached hydrogen (secondary N) is 1. The number of carboxylic acids is 1. The maximum Gasteiger partial charge on any atom is 0.466 e. The van der Waals surface area contributed by atoms with Crippen LogP contribution >= 0.6 is 15.6 Å². The molecule has 0 atom stereocenters. The molecule has 0 aliphatic carbocycles. The Labute approximate surface area is 77.7 Å². The van der Waals surface area contributed by atoms with Crippen molar-refractivity contribution in [1.82, 2.24) is 5.09 Å². The maximum absolute atomic E-state index is 9.86. The monoisotopic (exact) mass is 253 g/mol. The summed E-state index contributed by atoms with van der Waals surface area (Å²) in [5.41, 5.74) is 0. The highest BCUT2D eigenvalue weighted by atomic mass is 31.2. The third-order valence-electron chi connectivity index (χ3n) is 0.436. The fraction of sp³-hybridized carbons (Fsp3) is 0.500. The van der Waals surface area contributed by atoms with Crippen molar-refractivity contribution in [2.45, 2.75) is 0 Å². The van der Waals surface area contributed by atoms with Gasteiger partial charge in [-0.25, -0.2) is 14.2 Å². The first-order valence-electron chi connectivity index (χ1n) is 2.72. The molecular formula is C2H9NO9P2. The van der Waals surface area contributed by atoms with Crippen molar-refractivity contribution in [2.24, 2.45) is 0 Å². The molecule has 14 heavy (non-hydrogen) atoms. The summed E-state index contributed by atoms with van der Waals surface area (Å²) in [6.45, 7) is -0.732. The van der Waals surface area contributed by atoms with Crippen molar-refractivity contribution >= 4 is 21.5 Å². The molecule has 0 aliphatic heterocycles. The second-order valence-corrected chi connectivity index (χ2v) is 4.22. The Morgan fingerprint density at radius 3 is 1.43 bits per heavy atom. The fourth-order valence-electron chi connectivity index (χ4n) is 0.171. The van der Waals surface area contributed by atoms with Gasteiger partial charge < -0.3 is 29.6 Å². The molecule has 0 heterocycles. The molecule has 0 unspecified atom stereocenters. The molecule has 86 valence electrons. The van der Waals surface area contributed by atoms with Crippen LogP contribution in [0.15, 0.2) is 0 Å². The molecule has 0 saturated carbocycles. The summed E-state index contributed by atoms with van der Waals surface area (Å²) in [5, 5.41) is 9.36. The van der Waals surface area contributed by atoms with Gasteiger partial charge in [-0.1, -0.05) is 0 Å².